The Kier molecular flexibility index (Phi) is 17.8. The number of guanidine groups is 1. The number of carbonyl (C=O) groups is 4. The van der Waals surface area contributed by atoms with Crippen LogP contribution in [0.5, 0.6) is 0 Å². The third-order valence-electron chi connectivity index (χ3n) is 4.92. The van der Waals surface area contributed by atoms with Gasteiger partial charge in [0.25, 0.3) is 0 Å². The second-order valence-electron chi connectivity index (χ2n) is 7.83. The molecule has 4 unspecified atom stereocenters. The fraction of sp³-hybridized carbons (Fsp3) is 0.750. The van der Waals surface area contributed by atoms with Crippen molar-refractivity contribution in [3.63, 3.8) is 0 Å². The molecule has 0 saturated heterocycles. The van der Waals surface area contributed by atoms with Crippen LogP contribution in [0.25, 0.3) is 0 Å². The predicted octanol–water partition coefficient (Wildman–Crippen LogP) is -2.28. The molecule has 0 saturated carbocycles. The standard InChI is InChI=1S/C20H40N8O5S2/c1-35-10-7-14(18(31)28-15(19(32)33)5-2-3-8-21)27-17(30)13(6-4-9-25-20(23)24)26-16(29)12(22)11-34/h12-15,34H,2-11,21-22H2,1H3,(H,26,29)(H,27,30)(H,28,31)(H,32,33)(H4,23,24,25). The van der Waals surface area contributed by atoms with Crippen LogP contribution in [0.3, 0.4) is 0 Å². The number of rotatable bonds is 19. The average molecular weight is 537 g/mol. The number of hydrogen-bond acceptors (Lipinski definition) is 9. The lowest BCUT2D eigenvalue weighted by Crippen LogP contribution is -2.57. The summed E-state index contributed by atoms with van der Waals surface area (Å²) in [5, 5.41) is 17.2. The number of unbranched alkanes of at least 4 members (excludes halogenated alkanes) is 1. The van der Waals surface area contributed by atoms with Crippen molar-refractivity contribution in [3.05, 3.63) is 0 Å². The van der Waals surface area contributed by atoms with Crippen LogP contribution in [0.1, 0.15) is 38.5 Å². The number of carbonyl (C=O) groups excluding carboxylic acids is 3. The molecule has 202 valence electrons. The summed E-state index contributed by atoms with van der Waals surface area (Å²) in [6, 6.07) is -4.04. The van der Waals surface area contributed by atoms with Gasteiger partial charge in [-0.25, -0.2) is 4.79 Å². The van der Waals surface area contributed by atoms with E-state index in [2.05, 4.69) is 33.6 Å². The number of thioether (sulfide) groups is 1. The van der Waals surface area contributed by atoms with Crippen LogP contribution in [-0.2, 0) is 19.2 Å². The zero-order valence-corrected chi connectivity index (χ0v) is 21.8. The highest BCUT2D eigenvalue weighted by Crippen LogP contribution is 2.07. The maximum absolute atomic E-state index is 13.0. The molecule has 0 radical (unpaired) electrons. The van der Waals surface area contributed by atoms with E-state index < -0.39 is 47.9 Å². The van der Waals surface area contributed by atoms with Gasteiger partial charge in [0.2, 0.25) is 17.7 Å². The lowest BCUT2D eigenvalue weighted by molar-refractivity contribution is -0.142. The number of thiol groups is 1. The number of amides is 3. The number of carboxylic acid groups (broad SMARTS) is 1. The molecule has 12 N–H and O–H groups in total. The van der Waals surface area contributed by atoms with Gasteiger partial charge in [-0.15, -0.1) is 0 Å². The van der Waals surface area contributed by atoms with Crippen molar-refractivity contribution >= 4 is 54.0 Å². The normalized spacial score (nSPS) is 14.2. The zero-order chi connectivity index (χ0) is 26.8. The van der Waals surface area contributed by atoms with E-state index in [1.165, 1.54) is 11.8 Å². The molecule has 0 aromatic rings. The van der Waals surface area contributed by atoms with Crippen molar-refractivity contribution in [3.8, 4) is 0 Å². The van der Waals surface area contributed by atoms with E-state index in [9.17, 15) is 24.3 Å². The van der Waals surface area contributed by atoms with Crippen LogP contribution in [0.2, 0.25) is 0 Å². The molecule has 0 aromatic carbocycles. The second kappa shape index (κ2) is 19.0. The van der Waals surface area contributed by atoms with Gasteiger partial charge in [-0.1, -0.05) is 0 Å². The number of carboxylic acids is 1. The van der Waals surface area contributed by atoms with Gasteiger partial charge in [-0.3, -0.25) is 19.4 Å². The minimum absolute atomic E-state index is 0.0770. The Balaban J connectivity index is 5.44. The number of aliphatic imine (C=N–C) groups is 1. The Hall–Kier alpha value is -2.23. The van der Waals surface area contributed by atoms with Crippen molar-refractivity contribution in [1.82, 2.24) is 16.0 Å². The van der Waals surface area contributed by atoms with Crippen molar-refractivity contribution in [2.75, 3.05) is 30.9 Å². The van der Waals surface area contributed by atoms with Gasteiger partial charge in [0.15, 0.2) is 5.96 Å². The molecule has 3 amide bonds. The monoisotopic (exact) mass is 536 g/mol. The molecule has 0 aliphatic rings. The summed E-state index contributed by atoms with van der Waals surface area (Å²) in [7, 11) is 0. The third-order valence-corrected chi connectivity index (χ3v) is 5.95. The van der Waals surface area contributed by atoms with Crippen LogP contribution in [-0.4, -0.2) is 89.8 Å². The molecule has 0 spiro atoms. The molecule has 0 rings (SSSR count). The quantitative estimate of drug-likeness (QED) is 0.0370. The number of nitrogens with one attached hydrogen (secondary N) is 3. The van der Waals surface area contributed by atoms with E-state index in [4.69, 9.17) is 22.9 Å². The SMILES string of the molecule is CSCCC(NC(=O)C(CCCN=C(N)N)NC(=O)C(N)CS)C(=O)NC(CCCCN)C(=O)O. The number of hydrogen-bond donors (Lipinski definition) is 9. The molecular weight excluding hydrogens is 496 g/mol. The maximum atomic E-state index is 13.0. The number of aliphatic carboxylic acids is 1. The van der Waals surface area contributed by atoms with Crippen molar-refractivity contribution < 1.29 is 24.3 Å². The number of nitrogens with zero attached hydrogens (tertiary/aromatic N) is 1. The molecule has 0 aliphatic heterocycles. The molecule has 0 heterocycles. The first-order valence-electron chi connectivity index (χ1n) is 11.3. The molecule has 0 bridgehead atoms. The third kappa shape index (κ3) is 14.7. The molecule has 0 aromatic heterocycles. The highest BCUT2D eigenvalue weighted by molar-refractivity contribution is 7.98. The molecule has 0 fully saturated rings. The summed E-state index contributed by atoms with van der Waals surface area (Å²) in [6.07, 6.45) is 4.03. The summed E-state index contributed by atoms with van der Waals surface area (Å²) >= 11 is 5.46. The second-order valence-corrected chi connectivity index (χ2v) is 9.18. The smallest absolute Gasteiger partial charge is 0.326 e. The van der Waals surface area contributed by atoms with Gasteiger partial charge in [-0.05, 0) is 57.1 Å². The zero-order valence-electron chi connectivity index (χ0n) is 20.1. The van der Waals surface area contributed by atoms with Gasteiger partial charge in [0, 0.05) is 12.3 Å². The predicted molar refractivity (Wildman–Crippen MR) is 141 cm³/mol. The summed E-state index contributed by atoms with van der Waals surface area (Å²) < 4.78 is 0. The summed E-state index contributed by atoms with van der Waals surface area (Å²) in [5.74, 6) is -2.45. The average Bonchev–Trinajstić information content (AvgIpc) is 2.81. The Bertz CT molecular complexity index is 709. The summed E-state index contributed by atoms with van der Waals surface area (Å²) in [6.45, 7) is 0.653. The Labute approximate surface area is 215 Å². The van der Waals surface area contributed by atoms with Gasteiger partial charge >= 0.3 is 5.97 Å². The van der Waals surface area contributed by atoms with Crippen molar-refractivity contribution in [2.45, 2.75) is 62.7 Å². The lowest BCUT2D eigenvalue weighted by atomic mass is 10.1. The van der Waals surface area contributed by atoms with E-state index in [0.717, 1.165) is 0 Å². The van der Waals surface area contributed by atoms with E-state index in [1.54, 1.807) is 0 Å². The van der Waals surface area contributed by atoms with E-state index in [1.807, 2.05) is 6.26 Å². The highest BCUT2D eigenvalue weighted by Gasteiger charge is 2.29. The first kappa shape index (κ1) is 32.8. The van der Waals surface area contributed by atoms with Crippen molar-refractivity contribution in [2.24, 2.45) is 27.9 Å². The minimum atomic E-state index is -1.17. The molecule has 4 atom stereocenters. The molecule has 0 aliphatic carbocycles. The Morgan fingerprint density at radius 2 is 1.46 bits per heavy atom. The van der Waals surface area contributed by atoms with Crippen LogP contribution in [0, 0.1) is 0 Å². The summed E-state index contributed by atoms with van der Waals surface area (Å²) in [4.78, 5) is 53.6. The van der Waals surface area contributed by atoms with Gasteiger partial charge in [-0.2, -0.15) is 24.4 Å². The maximum Gasteiger partial charge on any atom is 0.326 e. The van der Waals surface area contributed by atoms with Crippen molar-refractivity contribution in [1.29, 1.82) is 0 Å². The van der Waals surface area contributed by atoms with E-state index in [0.29, 0.717) is 31.6 Å². The lowest BCUT2D eigenvalue weighted by Gasteiger charge is -2.25. The molecule has 35 heavy (non-hydrogen) atoms. The van der Waals surface area contributed by atoms with Crippen LogP contribution >= 0.6 is 24.4 Å². The first-order chi connectivity index (χ1) is 16.6. The minimum Gasteiger partial charge on any atom is -0.480 e. The summed E-state index contributed by atoms with van der Waals surface area (Å²) in [5.41, 5.74) is 21.8. The molecule has 15 heteroatoms. The van der Waals surface area contributed by atoms with Crippen LogP contribution in [0.15, 0.2) is 4.99 Å². The van der Waals surface area contributed by atoms with E-state index in [-0.39, 0.29) is 37.5 Å². The van der Waals surface area contributed by atoms with Gasteiger partial charge < -0.3 is 44.0 Å². The fourth-order valence-electron chi connectivity index (χ4n) is 2.93. The Morgan fingerprint density at radius 3 is 1.97 bits per heavy atom. The van der Waals surface area contributed by atoms with Crippen LogP contribution < -0.4 is 38.9 Å². The highest BCUT2D eigenvalue weighted by atomic mass is 32.2. The van der Waals surface area contributed by atoms with E-state index >= 15 is 0 Å². The van der Waals surface area contributed by atoms with Crippen LogP contribution in [0.4, 0.5) is 0 Å². The van der Waals surface area contributed by atoms with Gasteiger partial charge in [0.1, 0.15) is 18.1 Å². The van der Waals surface area contributed by atoms with Gasteiger partial charge in [0.05, 0.1) is 6.04 Å². The number of nitrogens with two attached hydrogens (primary N) is 4. The Morgan fingerprint density at radius 1 is 0.914 bits per heavy atom. The fourth-order valence-corrected chi connectivity index (χ4v) is 3.57. The molecular formula is C20H40N8O5S2. The largest absolute Gasteiger partial charge is 0.480 e. The topological polar surface area (TPSA) is 241 Å². The molecule has 13 nitrogen and oxygen atoms in total. The first-order valence-corrected chi connectivity index (χ1v) is 13.3.